The van der Waals surface area contributed by atoms with Crippen LogP contribution in [0.1, 0.15) is 17.2 Å². The van der Waals surface area contributed by atoms with E-state index in [-0.39, 0.29) is 12.0 Å². The SMILES string of the molecule is N#Cc1ccc2sc3cc4sc5ccc(C6=CC=CC(C#N)C6n6c7ccccc7c7ccccc76)cc5c4cc3c2c1. The van der Waals surface area contributed by atoms with Crippen LogP contribution in [0.25, 0.3) is 67.7 Å². The van der Waals surface area contributed by atoms with Gasteiger partial charge in [-0.2, -0.15) is 10.5 Å². The molecule has 2 unspecified atom stereocenters. The Kier molecular flexibility index (Phi) is 5.19. The standard InChI is InChI=1S/C38H21N3S2/c39-20-22-12-14-34-28(16-22)30-18-31-29-17-23(13-15-35(29)43-37(31)19-36(30)42-34)25-9-5-6-24(21-40)38(25)41-32-10-3-1-7-26(32)27-8-2-4-11-33(27)41/h1-19,24,38H. The average Bonchev–Trinajstić information content (AvgIpc) is 3.71. The molecule has 0 N–H and O–H groups in total. The van der Waals surface area contributed by atoms with E-state index in [0.717, 1.165) is 27.6 Å². The van der Waals surface area contributed by atoms with Crippen molar-refractivity contribution in [2.24, 2.45) is 5.92 Å². The molecule has 5 aromatic carbocycles. The molecule has 0 amide bonds. The van der Waals surface area contributed by atoms with Gasteiger partial charge in [0.15, 0.2) is 0 Å². The van der Waals surface area contributed by atoms with Crippen LogP contribution in [0.5, 0.6) is 0 Å². The molecule has 2 atom stereocenters. The van der Waals surface area contributed by atoms with Crippen LogP contribution < -0.4 is 0 Å². The molecule has 9 rings (SSSR count). The van der Waals surface area contributed by atoms with E-state index in [9.17, 15) is 10.5 Å². The van der Waals surface area contributed by atoms with Gasteiger partial charge in [0, 0.05) is 62.2 Å². The third-order valence-corrected chi connectivity index (χ3v) is 11.1. The highest BCUT2D eigenvalue weighted by molar-refractivity contribution is 7.28. The van der Waals surface area contributed by atoms with Gasteiger partial charge < -0.3 is 4.57 Å². The Hall–Kier alpha value is -5.20. The van der Waals surface area contributed by atoms with Gasteiger partial charge in [-0.25, -0.2) is 0 Å². The van der Waals surface area contributed by atoms with Crippen LogP contribution in [0.15, 0.2) is 115 Å². The lowest BCUT2D eigenvalue weighted by atomic mass is 9.84. The summed E-state index contributed by atoms with van der Waals surface area (Å²) in [5.74, 6) is -0.305. The predicted octanol–water partition coefficient (Wildman–Crippen LogP) is 10.7. The number of thiophene rings is 2. The molecule has 0 saturated carbocycles. The highest BCUT2D eigenvalue weighted by Crippen LogP contribution is 2.46. The number of hydrogen-bond donors (Lipinski definition) is 0. The monoisotopic (exact) mass is 583 g/mol. The van der Waals surface area contributed by atoms with E-state index in [1.165, 1.54) is 45.7 Å². The van der Waals surface area contributed by atoms with Crippen molar-refractivity contribution in [3.05, 3.63) is 126 Å². The van der Waals surface area contributed by atoms with Crippen LogP contribution in [0.2, 0.25) is 0 Å². The normalized spacial score (nSPS) is 16.8. The number of nitriles is 2. The second kappa shape index (κ2) is 9.15. The number of hydrogen-bond acceptors (Lipinski definition) is 4. The molecule has 0 saturated heterocycles. The van der Waals surface area contributed by atoms with E-state index < -0.39 is 0 Å². The van der Waals surface area contributed by atoms with E-state index in [1.54, 1.807) is 11.3 Å². The van der Waals surface area contributed by atoms with Gasteiger partial charge >= 0.3 is 0 Å². The van der Waals surface area contributed by atoms with Crippen molar-refractivity contribution in [1.29, 1.82) is 10.5 Å². The summed E-state index contributed by atoms with van der Waals surface area (Å²) in [6.07, 6.45) is 6.26. The lowest BCUT2D eigenvalue weighted by Gasteiger charge is -2.29. The van der Waals surface area contributed by atoms with Crippen LogP contribution in [0, 0.1) is 28.6 Å². The zero-order valence-electron chi connectivity index (χ0n) is 22.8. The lowest BCUT2D eigenvalue weighted by molar-refractivity contribution is 0.576. The molecule has 0 spiro atoms. The Morgan fingerprint density at radius 2 is 1.23 bits per heavy atom. The Bertz CT molecular complexity index is 2560. The molecule has 3 nitrogen and oxygen atoms in total. The summed E-state index contributed by atoms with van der Waals surface area (Å²) >= 11 is 3.60. The molecular weight excluding hydrogens is 563 g/mol. The summed E-state index contributed by atoms with van der Waals surface area (Å²) in [5.41, 5.74) is 5.24. The maximum atomic E-state index is 10.4. The van der Waals surface area contributed by atoms with E-state index in [4.69, 9.17) is 0 Å². The fraction of sp³-hybridized carbons (Fsp3) is 0.0526. The first-order valence-corrected chi connectivity index (χ1v) is 15.8. The summed E-state index contributed by atoms with van der Waals surface area (Å²) in [5, 5.41) is 27.1. The topological polar surface area (TPSA) is 52.5 Å². The largest absolute Gasteiger partial charge is 0.331 e. The van der Waals surface area contributed by atoms with Gasteiger partial charge in [0.1, 0.15) is 0 Å². The first kappa shape index (κ1) is 24.4. The molecule has 1 aliphatic carbocycles. The highest BCUT2D eigenvalue weighted by atomic mass is 32.1. The van der Waals surface area contributed by atoms with Crippen molar-refractivity contribution < 1.29 is 0 Å². The molecule has 8 aromatic rings. The highest BCUT2D eigenvalue weighted by Gasteiger charge is 2.31. The maximum absolute atomic E-state index is 10.4. The second-order valence-electron chi connectivity index (χ2n) is 11.1. The van der Waals surface area contributed by atoms with Crippen LogP contribution in [-0.2, 0) is 0 Å². The van der Waals surface area contributed by atoms with Crippen molar-refractivity contribution in [1.82, 2.24) is 4.57 Å². The summed E-state index contributed by atoms with van der Waals surface area (Å²) in [6.45, 7) is 0. The maximum Gasteiger partial charge on any atom is 0.0991 e. The molecular formula is C38H21N3S2. The van der Waals surface area contributed by atoms with E-state index >= 15 is 0 Å². The van der Waals surface area contributed by atoms with Crippen LogP contribution >= 0.6 is 22.7 Å². The summed E-state index contributed by atoms with van der Waals surface area (Å²) < 4.78 is 7.33. The van der Waals surface area contributed by atoms with Crippen molar-refractivity contribution in [2.45, 2.75) is 6.04 Å². The molecule has 3 aromatic heterocycles. The van der Waals surface area contributed by atoms with Crippen molar-refractivity contribution in [3.8, 4) is 12.1 Å². The number of nitrogens with zero attached hydrogens (tertiary/aromatic N) is 3. The Morgan fingerprint density at radius 1 is 0.605 bits per heavy atom. The molecule has 3 heterocycles. The summed E-state index contributed by atoms with van der Waals surface area (Å²) in [6, 6.07) is 39.1. The first-order chi connectivity index (χ1) is 21.2. The Balaban J connectivity index is 1.28. The van der Waals surface area contributed by atoms with Crippen molar-refractivity contribution in [3.63, 3.8) is 0 Å². The summed E-state index contributed by atoms with van der Waals surface area (Å²) in [4.78, 5) is 0. The number of rotatable bonds is 2. The predicted molar refractivity (Wildman–Crippen MR) is 182 cm³/mol. The number of benzene rings is 5. The van der Waals surface area contributed by atoms with E-state index in [2.05, 4.69) is 108 Å². The number of fused-ring (bicyclic) bond motifs is 9. The van der Waals surface area contributed by atoms with E-state index in [1.807, 2.05) is 35.6 Å². The fourth-order valence-corrected chi connectivity index (χ4v) is 9.19. The van der Waals surface area contributed by atoms with Crippen LogP contribution in [-0.4, -0.2) is 4.57 Å². The molecule has 5 heteroatoms. The Morgan fingerprint density at radius 3 is 1.91 bits per heavy atom. The summed E-state index contributed by atoms with van der Waals surface area (Å²) in [7, 11) is 0. The van der Waals surface area contributed by atoms with Gasteiger partial charge in [0.25, 0.3) is 0 Å². The molecule has 0 bridgehead atoms. The van der Waals surface area contributed by atoms with E-state index in [0.29, 0.717) is 5.56 Å². The minimum Gasteiger partial charge on any atom is -0.331 e. The van der Waals surface area contributed by atoms with Crippen molar-refractivity contribution >= 4 is 90.4 Å². The van der Waals surface area contributed by atoms with Crippen LogP contribution in [0.4, 0.5) is 0 Å². The third-order valence-electron chi connectivity index (χ3n) is 8.82. The zero-order valence-corrected chi connectivity index (χ0v) is 24.4. The molecule has 200 valence electrons. The minimum atomic E-state index is -0.305. The van der Waals surface area contributed by atoms with Gasteiger partial charge in [0.05, 0.1) is 29.7 Å². The van der Waals surface area contributed by atoms with Gasteiger partial charge in [-0.05, 0) is 65.7 Å². The fourth-order valence-electron chi connectivity index (χ4n) is 6.90. The van der Waals surface area contributed by atoms with Crippen molar-refractivity contribution in [2.75, 3.05) is 0 Å². The molecule has 0 fully saturated rings. The number of para-hydroxylation sites is 2. The second-order valence-corrected chi connectivity index (χ2v) is 13.3. The molecule has 43 heavy (non-hydrogen) atoms. The third kappa shape index (κ3) is 3.50. The van der Waals surface area contributed by atoms with Gasteiger partial charge in [-0.1, -0.05) is 60.7 Å². The molecule has 0 aliphatic heterocycles. The first-order valence-electron chi connectivity index (χ1n) is 14.2. The molecule has 0 radical (unpaired) electrons. The Labute approximate surface area is 255 Å². The minimum absolute atomic E-state index is 0.168. The average molecular weight is 584 g/mol. The van der Waals surface area contributed by atoms with Gasteiger partial charge in [0.2, 0.25) is 0 Å². The van der Waals surface area contributed by atoms with Gasteiger partial charge in [-0.15, -0.1) is 22.7 Å². The quantitative estimate of drug-likeness (QED) is 0.203. The smallest absolute Gasteiger partial charge is 0.0991 e. The van der Waals surface area contributed by atoms with Crippen LogP contribution in [0.3, 0.4) is 0 Å². The number of aromatic nitrogens is 1. The number of allylic oxidation sites excluding steroid dienone is 4. The lowest BCUT2D eigenvalue weighted by Crippen LogP contribution is -2.20. The van der Waals surface area contributed by atoms with Gasteiger partial charge in [-0.3, -0.25) is 0 Å². The molecule has 1 aliphatic rings. The zero-order chi connectivity index (χ0) is 28.7.